The Balaban J connectivity index is 2.38. The summed E-state index contributed by atoms with van der Waals surface area (Å²) in [6, 6.07) is 0. The van der Waals surface area contributed by atoms with E-state index in [9.17, 15) is 9.90 Å². The Labute approximate surface area is 96.6 Å². The average Bonchev–Trinajstić information content (AvgIpc) is 2.64. The van der Waals surface area contributed by atoms with Crippen molar-refractivity contribution in [2.24, 2.45) is 11.8 Å². The quantitative estimate of drug-likeness (QED) is 0.753. The van der Waals surface area contributed by atoms with Gasteiger partial charge in [-0.15, -0.1) is 0 Å². The summed E-state index contributed by atoms with van der Waals surface area (Å²) in [6.45, 7) is 5.61. The molecule has 94 valence electrons. The topological polar surface area (TPSA) is 66.8 Å². The summed E-state index contributed by atoms with van der Waals surface area (Å²) in [7, 11) is 0. The molecule has 4 nitrogen and oxygen atoms in total. The van der Waals surface area contributed by atoms with Crippen molar-refractivity contribution in [3.05, 3.63) is 0 Å². The first-order chi connectivity index (χ1) is 7.41. The van der Waals surface area contributed by atoms with E-state index in [2.05, 4.69) is 0 Å². The zero-order valence-corrected chi connectivity index (χ0v) is 10.2. The molecule has 0 unspecified atom stereocenters. The molecule has 1 heterocycles. The first-order valence-electron chi connectivity index (χ1n) is 5.98. The second-order valence-electron chi connectivity index (χ2n) is 5.05. The second-order valence-corrected chi connectivity index (χ2v) is 5.05. The predicted octanol–water partition coefficient (Wildman–Crippen LogP) is 1.66. The summed E-state index contributed by atoms with van der Waals surface area (Å²) in [5, 5.41) is 18.6. The van der Waals surface area contributed by atoms with Crippen molar-refractivity contribution in [3.63, 3.8) is 0 Å². The maximum atomic E-state index is 10.8. The van der Waals surface area contributed by atoms with E-state index < -0.39 is 11.9 Å². The van der Waals surface area contributed by atoms with Gasteiger partial charge in [-0.2, -0.15) is 0 Å². The molecule has 0 spiro atoms. The highest BCUT2D eigenvalue weighted by atomic mass is 16.5. The molecule has 1 saturated heterocycles. The van der Waals surface area contributed by atoms with Crippen molar-refractivity contribution in [1.29, 1.82) is 0 Å². The number of aliphatic hydroxyl groups is 1. The van der Waals surface area contributed by atoms with Crippen LogP contribution in [0.15, 0.2) is 0 Å². The third kappa shape index (κ3) is 3.46. The number of hydrogen-bond donors (Lipinski definition) is 2. The van der Waals surface area contributed by atoms with Gasteiger partial charge in [0.05, 0.1) is 24.2 Å². The maximum Gasteiger partial charge on any atom is 0.308 e. The molecule has 2 N–H and O–H groups in total. The minimum Gasteiger partial charge on any atom is -0.481 e. The van der Waals surface area contributed by atoms with E-state index in [-0.39, 0.29) is 24.2 Å². The fourth-order valence-corrected chi connectivity index (χ4v) is 1.98. The van der Waals surface area contributed by atoms with Crippen LogP contribution < -0.4 is 0 Å². The van der Waals surface area contributed by atoms with Crippen LogP contribution in [-0.4, -0.2) is 34.5 Å². The van der Waals surface area contributed by atoms with Crippen molar-refractivity contribution < 1.29 is 19.7 Å². The molecule has 4 heteroatoms. The van der Waals surface area contributed by atoms with Crippen LogP contribution in [0.5, 0.6) is 0 Å². The molecule has 1 rings (SSSR count). The van der Waals surface area contributed by atoms with E-state index in [1.807, 2.05) is 13.8 Å². The van der Waals surface area contributed by atoms with Crippen molar-refractivity contribution >= 4 is 5.97 Å². The van der Waals surface area contributed by atoms with Gasteiger partial charge < -0.3 is 14.9 Å². The first kappa shape index (κ1) is 13.5. The Kier molecular flexibility index (Phi) is 4.74. The molecule has 1 aliphatic heterocycles. The molecule has 0 amide bonds. The van der Waals surface area contributed by atoms with Gasteiger partial charge in [0, 0.05) is 0 Å². The van der Waals surface area contributed by atoms with Crippen molar-refractivity contribution in [2.45, 2.75) is 58.3 Å². The molecule has 0 aliphatic carbocycles. The first-order valence-corrected chi connectivity index (χ1v) is 5.98. The average molecular weight is 230 g/mol. The molecular weight excluding hydrogens is 208 g/mol. The van der Waals surface area contributed by atoms with Crippen LogP contribution >= 0.6 is 0 Å². The van der Waals surface area contributed by atoms with E-state index in [0.717, 1.165) is 12.8 Å². The largest absolute Gasteiger partial charge is 0.481 e. The lowest BCUT2D eigenvalue weighted by Gasteiger charge is -2.20. The zero-order chi connectivity index (χ0) is 12.3. The van der Waals surface area contributed by atoms with Crippen LogP contribution in [0.3, 0.4) is 0 Å². The number of carboxylic acids is 1. The van der Waals surface area contributed by atoms with Gasteiger partial charge >= 0.3 is 5.97 Å². The Morgan fingerprint density at radius 1 is 1.38 bits per heavy atom. The summed E-state index contributed by atoms with van der Waals surface area (Å²) in [5.41, 5.74) is 0. The zero-order valence-electron chi connectivity index (χ0n) is 10.2. The fourth-order valence-electron chi connectivity index (χ4n) is 1.98. The van der Waals surface area contributed by atoms with Crippen molar-refractivity contribution in [1.82, 2.24) is 0 Å². The van der Waals surface area contributed by atoms with Crippen molar-refractivity contribution in [2.75, 3.05) is 0 Å². The summed E-state index contributed by atoms with van der Waals surface area (Å²) in [4.78, 5) is 10.8. The van der Waals surface area contributed by atoms with Crippen LogP contribution in [0.2, 0.25) is 0 Å². The third-order valence-electron chi connectivity index (χ3n) is 3.36. The van der Waals surface area contributed by atoms with Crippen LogP contribution in [0.25, 0.3) is 0 Å². The Morgan fingerprint density at radius 3 is 2.50 bits per heavy atom. The molecule has 1 fully saturated rings. The lowest BCUT2D eigenvalue weighted by Crippen LogP contribution is -2.27. The number of carboxylic acid groups (broad SMARTS) is 1. The van der Waals surface area contributed by atoms with Crippen LogP contribution in [-0.2, 0) is 9.53 Å². The number of aliphatic carboxylic acids is 1. The van der Waals surface area contributed by atoms with Crippen LogP contribution in [0.1, 0.15) is 40.0 Å². The van der Waals surface area contributed by atoms with Gasteiger partial charge in [0.1, 0.15) is 0 Å². The molecule has 0 saturated carbocycles. The molecule has 1 aliphatic rings. The van der Waals surface area contributed by atoms with Gasteiger partial charge in [-0.3, -0.25) is 4.79 Å². The van der Waals surface area contributed by atoms with Gasteiger partial charge in [-0.1, -0.05) is 13.8 Å². The second kappa shape index (κ2) is 5.64. The molecule has 0 bridgehead atoms. The SMILES string of the molecule is CC(C)[C@H](O)C[C@@H]1CC[C@H]([C@@H](C)C(=O)O)O1. The van der Waals surface area contributed by atoms with E-state index in [0.29, 0.717) is 6.42 Å². The molecule has 0 aromatic heterocycles. The Morgan fingerprint density at radius 2 is 2.00 bits per heavy atom. The normalized spacial score (nSPS) is 29.3. The molecule has 0 radical (unpaired) electrons. The highest BCUT2D eigenvalue weighted by Crippen LogP contribution is 2.29. The highest BCUT2D eigenvalue weighted by Gasteiger charge is 2.33. The number of carbonyl (C=O) groups is 1. The Bertz CT molecular complexity index is 239. The van der Waals surface area contributed by atoms with E-state index in [1.165, 1.54) is 0 Å². The molecule has 4 atom stereocenters. The number of ether oxygens (including phenoxy) is 1. The summed E-state index contributed by atoms with van der Waals surface area (Å²) in [5.74, 6) is -1.05. The van der Waals surface area contributed by atoms with E-state index in [4.69, 9.17) is 9.84 Å². The minimum absolute atomic E-state index is 0.0178. The molecule has 0 aromatic rings. The maximum absolute atomic E-state index is 10.8. The lowest BCUT2D eigenvalue weighted by molar-refractivity contribution is -0.146. The molecular formula is C12H22O4. The summed E-state index contributed by atoms with van der Waals surface area (Å²) < 4.78 is 5.66. The fraction of sp³-hybridized carbons (Fsp3) is 0.917. The van der Waals surface area contributed by atoms with Crippen LogP contribution in [0, 0.1) is 11.8 Å². The third-order valence-corrected chi connectivity index (χ3v) is 3.36. The van der Waals surface area contributed by atoms with Gasteiger partial charge in [0.2, 0.25) is 0 Å². The standard InChI is InChI=1S/C12H22O4/c1-7(2)10(13)6-9-4-5-11(16-9)8(3)12(14)15/h7-11,13H,4-6H2,1-3H3,(H,14,15)/t8-,9+,10-,11-/m1/s1. The van der Waals surface area contributed by atoms with Crippen LogP contribution in [0.4, 0.5) is 0 Å². The van der Waals surface area contributed by atoms with Gasteiger partial charge in [0.15, 0.2) is 0 Å². The summed E-state index contributed by atoms with van der Waals surface area (Å²) >= 11 is 0. The van der Waals surface area contributed by atoms with Gasteiger partial charge in [0.25, 0.3) is 0 Å². The molecule has 16 heavy (non-hydrogen) atoms. The smallest absolute Gasteiger partial charge is 0.308 e. The highest BCUT2D eigenvalue weighted by molar-refractivity contribution is 5.70. The van der Waals surface area contributed by atoms with E-state index >= 15 is 0 Å². The number of aliphatic hydroxyl groups excluding tert-OH is 1. The minimum atomic E-state index is -0.810. The van der Waals surface area contributed by atoms with Gasteiger partial charge in [-0.05, 0) is 32.1 Å². The number of hydrogen-bond acceptors (Lipinski definition) is 3. The molecule has 0 aromatic carbocycles. The van der Waals surface area contributed by atoms with Crippen molar-refractivity contribution in [3.8, 4) is 0 Å². The predicted molar refractivity (Wildman–Crippen MR) is 60.2 cm³/mol. The Hall–Kier alpha value is -0.610. The van der Waals surface area contributed by atoms with E-state index in [1.54, 1.807) is 6.92 Å². The summed E-state index contributed by atoms with van der Waals surface area (Å²) in [6.07, 6.45) is 1.71. The number of rotatable bonds is 5. The monoisotopic (exact) mass is 230 g/mol. The lowest BCUT2D eigenvalue weighted by atomic mass is 9.98. The van der Waals surface area contributed by atoms with Gasteiger partial charge in [-0.25, -0.2) is 0 Å².